The molecule has 0 spiro atoms. The zero-order chi connectivity index (χ0) is 21.0. The Morgan fingerprint density at radius 2 is 2.13 bits per heavy atom. The summed E-state index contributed by atoms with van der Waals surface area (Å²) < 4.78 is 15.1. The highest BCUT2D eigenvalue weighted by molar-refractivity contribution is 5.83. The average Bonchev–Trinajstić information content (AvgIpc) is 3.56. The molecule has 0 amide bonds. The van der Waals surface area contributed by atoms with Gasteiger partial charge in [-0.25, -0.2) is 4.98 Å². The first-order valence-electron chi connectivity index (χ1n) is 10.9. The van der Waals surface area contributed by atoms with E-state index in [1.54, 1.807) is 10.9 Å². The van der Waals surface area contributed by atoms with Gasteiger partial charge in [-0.05, 0) is 51.3 Å². The maximum Gasteiger partial charge on any atom is 0.280 e. The molecule has 9 heteroatoms. The van der Waals surface area contributed by atoms with Crippen LogP contribution in [0.4, 0.5) is 0 Å². The Balaban J connectivity index is 1.54. The lowest BCUT2D eigenvalue weighted by atomic mass is 10.1. The van der Waals surface area contributed by atoms with E-state index in [1.807, 2.05) is 35.6 Å². The van der Waals surface area contributed by atoms with Gasteiger partial charge < -0.3 is 14.6 Å². The number of benzene rings is 1. The fourth-order valence-electron chi connectivity index (χ4n) is 4.96. The Morgan fingerprint density at radius 1 is 1.26 bits per heavy atom. The van der Waals surface area contributed by atoms with Crippen molar-refractivity contribution in [1.29, 1.82) is 0 Å². The minimum Gasteiger partial charge on any atom is -0.355 e. The molecule has 0 bridgehead atoms. The van der Waals surface area contributed by atoms with Crippen molar-refractivity contribution in [2.45, 2.75) is 50.8 Å². The molecule has 0 radical (unpaired) electrons. The molecule has 2 saturated heterocycles. The summed E-state index contributed by atoms with van der Waals surface area (Å²) in [6.07, 6.45) is 6.28. The summed E-state index contributed by atoms with van der Waals surface area (Å²) in [6.45, 7) is 3.63. The number of hydrogen-bond acceptors (Lipinski definition) is 7. The molecule has 6 rings (SSSR count). The molecule has 1 N–H and O–H groups in total. The molecule has 31 heavy (non-hydrogen) atoms. The van der Waals surface area contributed by atoms with Gasteiger partial charge in [-0.15, -0.1) is 0 Å². The fourth-order valence-corrected chi connectivity index (χ4v) is 4.96. The second kappa shape index (κ2) is 7.00. The van der Waals surface area contributed by atoms with Crippen LogP contribution in [0.25, 0.3) is 28.1 Å². The highest BCUT2D eigenvalue weighted by Gasteiger charge is 2.35. The van der Waals surface area contributed by atoms with Crippen molar-refractivity contribution >= 4 is 16.6 Å². The Labute approximate surface area is 178 Å². The van der Waals surface area contributed by atoms with Crippen LogP contribution in [0.5, 0.6) is 0 Å². The van der Waals surface area contributed by atoms with Crippen molar-refractivity contribution in [2.24, 2.45) is 0 Å². The quantitative estimate of drug-likeness (QED) is 0.541. The third-order valence-electron chi connectivity index (χ3n) is 6.49. The molecule has 0 aliphatic carbocycles. The van der Waals surface area contributed by atoms with Gasteiger partial charge in [-0.3, -0.25) is 13.8 Å². The summed E-state index contributed by atoms with van der Waals surface area (Å²) >= 11 is 0. The van der Waals surface area contributed by atoms with Gasteiger partial charge in [0.2, 0.25) is 11.7 Å². The number of nitrogens with one attached hydrogen (secondary N) is 1. The number of nitrogens with zero attached hydrogens (tertiary/aromatic N) is 5. The van der Waals surface area contributed by atoms with Gasteiger partial charge in [0, 0.05) is 19.1 Å². The lowest BCUT2D eigenvalue weighted by molar-refractivity contribution is -0.0447. The van der Waals surface area contributed by atoms with E-state index in [2.05, 4.69) is 20.4 Å². The van der Waals surface area contributed by atoms with E-state index in [4.69, 9.17) is 9.26 Å². The third-order valence-corrected chi connectivity index (χ3v) is 6.49. The van der Waals surface area contributed by atoms with Gasteiger partial charge in [0.05, 0.1) is 11.0 Å². The zero-order valence-electron chi connectivity index (χ0n) is 17.4. The zero-order valence-corrected chi connectivity index (χ0v) is 17.4. The number of ether oxygens (including phenoxy) is 1. The molecular weight excluding hydrogens is 396 g/mol. The highest BCUT2D eigenvalue weighted by atomic mass is 16.5. The van der Waals surface area contributed by atoms with E-state index in [0.717, 1.165) is 43.3 Å². The molecule has 5 heterocycles. The van der Waals surface area contributed by atoms with Gasteiger partial charge in [0.25, 0.3) is 5.56 Å². The molecule has 3 aromatic heterocycles. The summed E-state index contributed by atoms with van der Waals surface area (Å²) in [6, 6.07) is 8.17. The van der Waals surface area contributed by atoms with Gasteiger partial charge in [0.1, 0.15) is 23.3 Å². The smallest absolute Gasteiger partial charge is 0.280 e. The SMILES string of the molecule is CC1(n2c(=O)c3c(-c4noc(CC5CCCN5)n4)ncn3c3ccccc32)CCCO1. The Hall–Kier alpha value is -3.04. The van der Waals surface area contributed by atoms with E-state index >= 15 is 0 Å². The maximum absolute atomic E-state index is 13.8. The lowest BCUT2D eigenvalue weighted by Gasteiger charge is -2.28. The monoisotopic (exact) mass is 420 g/mol. The number of aromatic nitrogens is 5. The Kier molecular flexibility index (Phi) is 4.22. The summed E-state index contributed by atoms with van der Waals surface area (Å²) in [5.74, 6) is 0.898. The minimum absolute atomic E-state index is 0.167. The van der Waals surface area contributed by atoms with Gasteiger partial charge in [-0.1, -0.05) is 17.3 Å². The molecule has 2 aliphatic heterocycles. The van der Waals surface area contributed by atoms with Crippen molar-refractivity contribution in [3.63, 3.8) is 0 Å². The van der Waals surface area contributed by atoms with Crippen LogP contribution in [0, 0.1) is 0 Å². The van der Waals surface area contributed by atoms with Gasteiger partial charge in [0.15, 0.2) is 0 Å². The second-order valence-corrected chi connectivity index (χ2v) is 8.58. The number of imidazole rings is 1. The van der Waals surface area contributed by atoms with E-state index in [1.165, 1.54) is 0 Å². The summed E-state index contributed by atoms with van der Waals surface area (Å²) in [5.41, 5.74) is 1.69. The average molecular weight is 420 g/mol. The molecule has 2 unspecified atom stereocenters. The molecule has 1 aromatic carbocycles. The first kappa shape index (κ1) is 18.7. The summed E-state index contributed by atoms with van der Waals surface area (Å²) in [5, 5.41) is 7.58. The predicted molar refractivity (Wildman–Crippen MR) is 114 cm³/mol. The fraction of sp³-hybridized carbons (Fsp3) is 0.455. The third kappa shape index (κ3) is 2.91. The second-order valence-electron chi connectivity index (χ2n) is 8.58. The number of rotatable bonds is 4. The Morgan fingerprint density at radius 3 is 2.90 bits per heavy atom. The number of hydrogen-bond donors (Lipinski definition) is 1. The van der Waals surface area contributed by atoms with Crippen LogP contribution in [0.2, 0.25) is 0 Å². The lowest BCUT2D eigenvalue weighted by Crippen LogP contribution is -2.39. The molecular formula is C22H24N6O3. The largest absolute Gasteiger partial charge is 0.355 e. The summed E-state index contributed by atoms with van der Waals surface area (Å²) in [7, 11) is 0. The molecule has 160 valence electrons. The van der Waals surface area contributed by atoms with Crippen LogP contribution in [0.15, 0.2) is 39.9 Å². The van der Waals surface area contributed by atoms with E-state index < -0.39 is 5.72 Å². The van der Waals surface area contributed by atoms with Crippen molar-refractivity contribution < 1.29 is 9.26 Å². The maximum atomic E-state index is 13.8. The van der Waals surface area contributed by atoms with Crippen LogP contribution >= 0.6 is 0 Å². The standard InChI is InChI=1S/C22H24N6O3/c1-22(9-5-11-30-22)28-16-8-3-2-7-15(16)27-13-24-18(19(27)21(28)29)20-25-17(31-26-20)12-14-6-4-10-23-14/h2-3,7-8,13-14,23H,4-6,9-12H2,1H3. The molecule has 0 saturated carbocycles. The van der Waals surface area contributed by atoms with Crippen LogP contribution in [0.1, 0.15) is 38.5 Å². The van der Waals surface area contributed by atoms with Crippen molar-refractivity contribution in [1.82, 2.24) is 29.4 Å². The number of fused-ring (bicyclic) bond motifs is 3. The van der Waals surface area contributed by atoms with Crippen molar-refractivity contribution in [3.8, 4) is 11.5 Å². The molecule has 4 aromatic rings. The molecule has 9 nitrogen and oxygen atoms in total. The van der Waals surface area contributed by atoms with Gasteiger partial charge >= 0.3 is 0 Å². The normalized spacial score (nSPS) is 24.0. The van der Waals surface area contributed by atoms with Crippen LogP contribution in [-0.2, 0) is 16.9 Å². The van der Waals surface area contributed by atoms with Crippen molar-refractivity contribution in [3.05, 3.63) is 46.8 Å². The molecule has 2 aliphatic rings. The Bertz CT molecular complexity index is 1320. The van der Waals surface area contributed by atoms with E-state index in [9.17, 15) is 4.79 Å². The topological polar surface area (TPSA) is 99.5 Å². The first-order valence-corrected chi connectivity index (χ1v) is 10.9. The molecule has 2 fully saturated rings. The van der Waals surface area contributed by atoms with E-state index in [0.29, 0.717) is 42.0 Å². The van der Waals surface area contributed by atoms with Crippen LogP contribution < -0.4 is 10.9 Å². The van der Waals surface area contributed by atoms with Crippen LogP contribution in [-0.4, -0.2) is 43.3 Å². The van der Waals surface area contributed by atoms with Crippen molar-refractivity contribution in [2.75, 3.05) is 13.2 Å². The molecule has 2 atom stereocenters. The van der Waals surface area contributed by atoms with Crippen LogP contribution in [0.3, 0.4) is 0 Å². The summed E-state index contributed by atoms with van der Waals surface area (Å²) in [4.78, 5) is 22.9. The predicted octanol–water partition coefficient (Wildman–Crippen LogP) is 2.48. The first-order chi connectivity index (χ1) is 15.1. The van der Waals surface area contributed by atoms with E-state index in [-0.39, 0.29) is 5.56 Å². The minimum atomic E-state index is -0.698. The highest BCUT2D eigenvalue weighted by Crippen LogP contribution is 2.33. The van der Waals surface area contributed by atoms with Gasteiger partial charge in [-0.2, -0.15) is 4.98 Å². The number of para-hydroxylation sites is 2.